The first kappa shape index (κ1) is 19.0. The minimum Gasteiger partial charge on any atom is -0.388 e. The van der Waals surface area contributed by atoms with Gasteiger partial charge in [-0.3, -0.25) is 0 Å². The van der Waals surface area contributed by atoms with Crippen LogP contribution in [0, 0.1) is 0 Å². The van der Waals surface area contributed by atoms with Crippen molar-refractivity contribution in [2.24, 2.45) is 0 Å². The van der Waals surface area contributed by atoms with Crippen LogP contribution in [0.4, 0.5) is 0 Å². The number of H-pyrrole nitrogens is 1. The minimum atomic E-state index is -0.586. The highest BCUT2D eigenvalue weighted by molar-refractivity contribution is 6.33. The largest absolute Gasteiger partial charge is 0.388 e. The minimum absolute atomic E-state index is 0.0660. The van der Waals surface area contributed by atoms with E-state index in [9.17, 15) is 5.11 Å². The first-order valence-corrected chi connectivity index (χ1v) is 10.7. The lowest BCUT2D eigenvalue weighted by molar-refractivity contribution is 0.0181. The maximum Gasteiger partial charge on any atom is 0.178 e. The SMILES string of the molecule is O[C@@H]1CO[C@H]2[C@@H]1OC[C@H]2c1nc2nc(-c3ccc(-c4ccccc4)cc3)c(Cl)cc2[nH]1. The van der Waals surface area contributed by atoms with Gasteiger partial charge < -0.3 is 19.6 Å². The van der Waals surface area contributed by atoms with Gasteiger partial charge in [-0.25, -0.2) is 9.97 Å². The summed E-state index contributed by atoms with van der Waals surface area (Å²) in [7, 11) is 0. The maximum absolute atomic E-state index is 9.98. The quantitative estimate of drug-likeness (QED) is 0.506. The van der Waals surface area contributed by atoms with Gasteiger partial charge in [0.05, 0.1) is 41.5 Å². The summed E-state index contributed by atoms with van der Waals surface area (Å²) in [5, 5.41) is 10.5. The molecule has 2 aromatic heterocycles. The normalized spacial score (nSPS) is 25.2. The van der Waals surface area contributed by atoms with Crippen LogP contribution < -0.4 is 0 Å². The summed E-state index contributed by atoms with van der Waals surface area (Å²) in [6.07, 6.45) is -1.08. The van der Waals surface area contributed by atoms with Gasteiger partial charge in [-0.15, -0.1) is 0 Å². The summed E-state index contributed by atoms with van der Waals surface area (Å²) in [6.45, 7) is 0.743. The van der Waals surface area contributed by atoms with E-state index in [4.69, 9.17) is 31.0 Å². The molecule has 0 aliphatic carbocycles. The summed E-state index contributed by atoms with van der Waals surface area (Å²) in [4.78, 5) is 12.8. The lowest BCUT2D eigenvalue weighted by Gasteiger charge is -2.12. The van der Waals surface area contributed by atoms with Crippen molar-refractivity contribution in [3.63, 3.8) is 0 Å². The van der Waals surface area contributed by atoms with E-state index in [1.54, 1.807) is 0 Å². The third kappa shape index (κ3) is 3.23. The number of benzene rings is 2. The molecule has 2 aliphatic heterocycles. The maximum atomic E-state index is 9.98. The molecule has 0 bridgehead atoms. The number of fused-ring (bicyclic) bond motifs is 2. The Kier molecular flexibility index (Phi) is 4.54. The third-order valence-corrected chi connectivity index (χ3v) is 6.38. The summed E-state index contributed by atoms with van der Waals surface area (Å²) in [5.41, 5.74) is 5.30. The Morgan fingerprint density at radius 1 is 0.871 bits per heavy atom. The molecule has 2 aliphatic rings. The molecule has 7 heteroatoms. The molecule has 6 nitrogen and oxygen atoms in total. The molecule has 2 fully saturated rings. The average Bonchev–Trinajstić information content (AvgIpc) is 3.50. The number of aliphatic hydroxyl groups is 1. The Morgan fingerprint density at radius 2 is 1.58 bits per heavy atom. The number of aromatic amines is 1. The number of halogens is 1. The predicted molar refractivity (Wildman–Crippen MR) is 118 cm³/mol. The van der Waals surface area contributed by atoms with Crippen LogP contribution in [0.5, 0.6) is 0 Å². The van der Waals surface area contributed by atoms with Gasteiger partial charge in [0, 0.05) is 5.56 Å². The second-order valence-corrected chi connectivity index (χ2v) is 8.43. The highest BCUT2D eigenvalue weighted by atomic mass is 35.5. The molecule has 0 amide bonds. The molecule has 4 aromatic rings. The van der Waals surface area contributed by atoms with Crippen molar-refractivity contribution in [3.05, 3.63) is 71.5 Å². The van der Waals surface area contributed by atoms with E-state index in [1.807, 2.05) is 36.4 Å². The van der Waals surface area contributed by atoms with Crippen molar-refractivity contribution >= 4 is 22.8 Å². The third-order valence-electron chi connectivity index (χ3n) is 6.09. The number of rotatable bonds is 3. The smallest absolute Gasteiger partial charge is 0.178 e. The van der Waals surface area contributed by atoms with E-state index >= 15 is 0 Å². The number of nitrogens with one attached hydrogen (secondary N) is 1. The predicted octanol–water partition coefficient (Wildman–Crippen LogP) is 4.19. The Morgan fingerprint density at radius 3 is 2.39 bits per heavy atom. The lowest BCUT2D eigenvalue weighted by Crippen LogP contribution is -2.28. The van der Waals surface area contributed by atoms with Crippen LogP contribution in [0.1, 0.15) is 11.7 Å². The van der Waals surface area contributed by atoms with Crippen LogP contribution >= 0.6 is 11.6 Å². The number of pyridine rings is 1. The van der Waals surface area contributed by atoms with E-state index in [1.165, 1.54) is 0 Å². The zero-order valence-corrected chi connectivity index (χ0v) is 17.3. The molecular formula is C24H20ClN3O3. The monoisotopic (exact) mass is 433 g/mol. The Hall–Kier alpha value is -2.77. The van der Waals surface area contributed by atoms with E-state index < -0.39 is 6.10 Å². The van der Waals surface area contributed by atoms with Gasteiger partial charge in [0.25, 0.3) is 0 Å². The number of aliphatic hydroxyl groups excluding tert-OH is 1. The van der Waals surface area contributed by atoms with Gasteiger partial charge in [0.2, 0.25) is 0 Å². The van der Waals surface area contributed by atoms with Crippen LogP contribution in [-0.4, -0.2) is 51.6 Å². The number of aromatic nitrogens is 3. The molecule has 0 unspecified atom stereocenters. The van der Waals surface area contributed by atoms with E-state index in [0.717, 1.165) is 28.0 Å². The van der Waals surface area contributed by atoms with Gasteiger partial charge in [-0.1, -0.05) is 66.2 Å². The zero-order valence-electron chi connectivity index (χ0n) is 16.5. The van der Waals surface area contributed by atoms with Gasteiger partial charge in [0.15, 0.2) is 5.65 Å². The van der Waals surface area contributed by atoms with Crippen molar-refractivity contribution in [3.8, 4) is 22.4 Å². The fourth-order valence-corrected chi connectivity index (χ4v) is 4.74. The van der Waals surface area contributed by atoms with Crippen molar-refractivity contribution < 1.29 is 14.6 Å². The van der Waals surface area contributed by atoms with E-state index in [2.05, 4.69) is 29.2 Å². The number of imidazole rings is 1. The van der Waals surface area contributed by atoms with E-state index in [-0.39, 0.29) is 18.1 Å². The number of hydrogen-bond donors (Lipinski definition) is 2. The standard InChI is InChI=1S/C24H20ClN3O3/c25-17-10-18-24(28-23(26-18)16-11-30-22-19(29)12-31-21(16)22)27-20(17)15-8-6-14(7-9-15)13-4-2-1-3-5-13/h1-10,16,19,21-22,29H,11-12H2,(H,26,27,28)/t16-,19-,21-,22-/m1/s1. The fraction of sp³-hybridized carbons (Fsp3) is 0.250. The average molecular weight is 434 g/mol. The Balaban J connectivity index is 1.33. The molecule has 0 radical (unpaired) electrons. The van der Waals surface area contributed by atoms with Crippen LogP contribution in [0.3, 0.4) is 0 Å². The molecule has 156 valence electrons. The second-order valence-electron chi connectivity index (χ2n) is 8.03. The topological polar surface area (TPSA) is 80.3 Å². The summed E-state index contributed by atoms with van der Waals surface area (Å²) in [6, 6.07) is 20.3. The first-order valence-electron chi connectivity index (χ1n) is 10.3. The molecule has 4 atom stereocenters. The highest BCUT2D eigenvalue weighted by Crippen LogP contribution is 2.37. The Bertz CT molecular complexity index is 1240. The summed E-state index contributed by atoms with van der Waals surface area (Å²) in [5.74, 6) is 0.681. The van der Waals surface area contributed by atoms with Crippen molar-refractivity contribution in [1.29, 1.82) is 0 Å². The molecule has 4 heterocycles. The summed E-state index contributed by atoms with van der Waals surface area (Å²) >= 11 is 6.58. The molecule has 0 saturated carbocycles. The van der Waals surface area contributed by atoms with Crippen LogP contribution in [-0.2, 0) is 9.47 Å². The van der Waals surface area contributed by atoms with Crippen LogP contribution in [0.2, 0.25) is 5.02 Å². The van der Waals surface area contributed by atoms with Crippen LogP contribution in [0.25, 0.3) is 33.5 Å². The van der Waals surface area contributed by atoms with Crippen LogP contribution in [0.15, 0.2) is 60.7 Å². The number of hydrogen-bond acceptors (Lipinski definition) is 5. The molecule has 2 saturated heterocycles. The van der Waals surface area contributed by atoms with Gasteiger partial charge in [-0.2, -0.15) is 0 Å². The second kappa shape index (κ2) is 7.43. The molecule has 2 N–H and O–H groups in total. The molecule has 6 rings (SSSR count). The van der Waals surface area contributed by atoms with Gasteiger partial charge in [0.1, 0.15) is 18.0 Å². The Labute approximate surface area is 183 Å². The fourth-order valence-electron chi connectivity index (χ4n) is 4.48. The van der Waals surface area contributed by atoms with Gasteiger partial charge >= 0.3 is 0 Å². The molecule has 31 heavy (non-hydrogen) atoms. The van der Waals surface area contributed by atoms with E-state index in [0.29, 0.717) is 29.6 Å². The number of ether oxygens (including phenoxy) is 2. The molecular weight excluding hydrogens is 414 g/mol. The van der Waals surface area contributed by atoms with Crippen molar-refractivity contribution in [2.75, 3.05) is 13.2 Å². The summed E-state index contributed by atoms with van der Waals surface area (Å²) < 4.78 is 11.5. The first-order chi connectivity index (χ1) is 15.2. The lowest BCUT2D eigenvalue weighted by atomic mass is 10.0. The number of nitrogens with zero attached hydrogens (tertiary/aromatic N) is 2. The van der Waals surface area contributed by atoms with Crippen molar-refractivity contribution in [2.45, 2.75) is 24.2 Å². The molecule has 2 aromatic carbocycles. The highest BCUT2D eigenvalue weighted by Gasteiger charge is 2.48. The van der Waals surface area contributed by atoms with Crippen molar-refractivity contribution in [1.82, 2.24) is 15.0 Å². The zero-order chi connectivity index (χ0) is 20.9. The molecule has 0 spiro atoms. The van der Waals surface area contributed by atoms with Gasteiger partial charge in [-0.05, 0) is 17.2 Å².